The number of H-pyrrole nitrogens is 2. The van der Waals surface area contributed by atoms with Gasteiger partial charge in [-0.1, -0.05) is 281 Å². The first kappa shape index (κ1) is 90.6. The third-order valence-corrected chi connectivity index (χ3v) is 15.0. The summed E-state index contributed by atoms with van der Waals surface area (Å²) in [7, 11) is 0. The van der Waals surface area contributed by atoms with E-state index in [0.29, 0.717) is 0 Å². The van der Waals surface area contributed by atoms with Gasteiger partial charge in [0.25, 0.3) is 5.56 Å². The second kappa shape index (κ2) is 54.3. The Labute approximate surface area is 620 Å². The molecule has 16 rings (SSSR count). The Bertz CT molecular complexity index is 4440. The van der Waals surface area contributed by atoms with Crippen LogP contribution in [0.25, 0.3) is 76.2 Å². The van der Waals surface area contributed by atoms with E-state index in [0.717, 1.165) is 55.5 Å². The molecule has 544 valence electrons. The van der Waals surface area contributed by atoms with E-state index in [1.807, 2.05) is 234 Å². The normalized spacial score (nSPS) is 10.4. The Morgan fingerprint density at radius 2 is 0.874 bits per heavy atom. The molecular weight excluding hydrogens is 1260 g/mol. The van der Waals surface area contributed by atoms with Gasteiger partial charge < -0.3 is 9.97 Å². The maximum Gasteiger partial charge on any atom is 0.251 e. The van der Waals surface area contributed by atoms with Crippen molar-refractivity contribution in [3.63, 3.8) is 0 Å². The minimum absolute atomic E-state index is 0.00583. The zero-order chi connectivity index (χ0) is 76.9. The predicted octanol–water partition coefficient (Wildman–Crippen LogP) is 28.0. The number of aryl methyl sites for hydroxylation is 8. The molecule has 0 spiro atoms. The number of nitrogens with one attached hydrogen (secondary N) is 2. The van der Waals surface area contributed by atoms with Gasteiger partial charge in [-0.25, -0.2) is 0 Å². The van der Waals surface area contributed by atoms with Crippen molar-refractivity contribution in [2.24, 2.45) is 0 Å². The van der Waals surface area contributed by atoms with Crippen molar-refractivity contribution >= 4 is 76.2 Å². The number of para-hydroxylation sites is 4. The second-order valence-electron chi connectivity index (χ2n) is 21.9. The fourth-order valence-electron chi connectivity index (χ4n) is 10.3. The predicted molar refractivity (Wildman–Crippen MR) is 459 cm³/mol. The lowest BCUT2D eigenvalue weighted by atomic mass is 10.0. The number of aromatic nitrogens is 7. The van der Waals surface area contributed by atoms with Crippen molar-refractivity contribution in [2.45, 2.75) is 185 Å². The third kappa shape index (κ3) is 31.1. The van der Waals surface area contributed by atoms with Gasteiger partial charge in [0.05, 0.1) is 22.1 Å². The SMILES string of the molecule is CC.CC.CC.CC.CC.CC.CC.CC.CC1CCc2ccccc21.Cc1cc2ccccc2[nH]1.Cc1cc2ccccc2[nH]c1=O.Cc1ccc2cccnc2c1.Cc1ccc2cnccc2n1.Cc1cccc2ccccc12.Cc1cccc2cccnc12.Cc1cnc2ccccc2c1. The molecule has 1 atom stereocenters. The van der Waals surface area contributed by atoms with Gasteiger partial charge in [-0.05, 0) is 195 Å². The lowest BCUT2D eigenvalue weighted by Gasteiger charge is -2.01. The van der Waals surface area contributed by atoms with Gasteiger partial charge in [-0.3, -0.25) is 29.7 Å². The van der Waals surface area contributed by atoms with Gasteiger partial charge in [-0.2, -0.15) is 0 Å². The Morgan fingerprint density at radius 3 is 1.51 bits per heavy atom. The summed E-state index contributed by atoms with van der Waals surface area (Å²) < 4.78 is 0. The molecule has 1 aliphatic carbocycles. The summed E-state index contributed by atoms with van der Waals surface area (Å²) >= 11 is 0. The molecule has 0 amide bonds. The van der Waals surface area contributed by atoms with Crippen molar-refractivity contribution < 1.29 is 0 Å². The highest BCUT2D eigenvalue weighted by Crippen LogP contribution is 2.32. The topological polar surface area (TPSA) is 113 Å². The molecule has 7 heterocycles. The van der Waals surface area contributed by atoms with Crippen molar-refractivity contribution in [3.05, 3.63) is 328 Å². The molecule has 2 N–H and O–H groups in total. The molecule has 8 aromatic carbocycles. The minimum Gasteiger partial charge on any atom is -0.359 e. The fourth-order valence-corrected chi connectivity index (χ4v) is 10.3. The molecule has 0 radical (unpaired) electrons. The van der Waals surface area contributed by atoms with Crippen molar-refractivity contribution in [2.75, 3.05) is 0 Å². The third-order valence-electron chi connectivity index (χ3n) is 15.0. The molecule has 1 unspecified atom stereocenters. The van der Waals surface area contributed by atoms with Gasteiger partial charge in [0.1, 0.15) is 0 Å². The largest absolute Gasteiger partial charge is 0.359 e. The molecule has 0 saturated carbocycles. The Hall–Kier alpha value is -10.4. The number of nitrogens with zero attached hydrogens (tertiary/aromatic N) is 5. The van der Waals surface area contributed by atoms with E-state index in [9.17, 15) is 4.79 Å². The van der Waals surface area contributed by atoms with Crippen LogP contribution in [0.3, 0.4) is 0 Å². The molecule has 0 saturated heterocycles. The second-order valence-corrected chi connectivity index (χ2v) is 21.9. The van der Waals surface area contributed by atoms with E-state index >= 15 is 0 Å². The van der Waals surface area contributed by atoms with E-state index in [1.165, 1.54) is 78.6 Å². The van der Waals surface area contributed by atoms with Crippen LogP contribution < -0.4 is 5.56 Å². The summed E-state index contributed by atoms with van der Waals surface area (Å²) in [4.78, 5) is 38.4. The van der Waals surface area contributed by atoms with Gasteiger partial charge in [0.2, 0.25) is 0 Å². The number of rotatable bonds is 0. The zero-order valence-electron chi connectivity index (χ0n) is 67.0. The monoisotopic (exact) mass is 1380 g/mol. The van der Waals surface area contributed by atoms with Crippen LogP contribution in [0.1, 0.15) is 180 Å². The number of hydrogen-bond donors (Lipinski definition) is 2. The zero-order valence-corrected chi connectivity index (χ0v) is 67.0. The van der Waals surface area contributed by atoms with Crippen LogP contribution in [0.2, 0.25) is 0 Å². The van der Waals surface area contributed by atoms with Gasteiger partial charge in [0.15, 0.2) is 0 Å². The lowest BCUT2D eigenvalue weighted by Crippen LogP contribution is -2.08. The molecule has 0 aliphatic heterocycles. The first-order chi connectivity index (χ1) is 50.3. The lowest BCUT2D eigenvalue weighted by molar-refractivity contribution is 0.747. The van der Waals surface area contributed by atoms with Crippen LogP contribution in [0.15, 0.2) is 272 Å². The quantitative estimate of drug-likeness (QED) is 0.156. The van der Waals surface area contributed by atoms with Crippen LogP contribution in [-0.4, -0.2) is 34.9 Å². The summed E-state index contributed by atoms with van der Waals surface area (Å²) in [6, 6.07) is 80.5. The van der Waals surface area contributed by atoms with Crippen LogP contribution in [0.4, 0.5) is 0 Å². The molecule has 8 nitrogen and oxygen atoms in total. The molecule has 8 heteroatoms. The maximum atomic E-state index is 11.2. The maximum absolute atomic E-state index is 11.2. The van der Waals surface area contributed by atoms with E-state index in [2.05, 4.69) is 228 Å². The van der Waals surface area contributed by atoms with Crippen LogP contribution in [-0.2, 0) is 6.42 Å². The minimum atomic E-state index is -0.00583. The number of benzene rings is 8. The van der Waals surface area contributed by atoms with Crippen LogP contribution in [0, 0.1) is 48.5 Å². The summed E-state index contributed by atoms with van der Waals surface area (Å²) in [5.41, 5.74) is 17.6. The standard InChI is InChI=1S/C11H10.C10H9NO.3C10H9N.C10H12.C9H8N2.C9H9N.8C2H6/c1-9-5-4-7-10-6-2-3-8-11(9)10;1-7-6-8-4-2-3-5-9(8)11-10(7)12;1-8-4-2-5-9-6-3-7-11-10(8)9;1-8-4-5-9-3-2-6-11-10(9)7-8;1-8-6-9-4-2-3-5-10(9)11-7-8;1-8-6-7-9-4-2-3-5-10(8)9;1-7-2-3-8-6-10-5-4-9(8)11-7;1-7-6-8-4-2-3-5-9(8)10-7;8*1-2/h2-8H,1H3;2-6H,1H3,(H,11,12);3*2-7H,1H3;2-5,8H,6-7H2,1H3;2-6H,1H3;2-6,10H,1H3;8*1-2H3. The van der Waals surface area contributed by atoms with E-state index < -0.39 is 0 Å². The van der Waals surface area contributed by atoms with Gasteiger partial charge >= 0.3 is 0 Å². The molecular formula is C95H123N7O. The molecule has 1 aliphatic rings. The smallest absolute Gasteiger partial charge is 0.251 e. The van der Waals surface area contributed by atoms with Crippen molar-refractivity contribution in [1.82, 2.24) is 34.9 Å². The fraction of sp³-hybridized carbons (Fsp3) is 0.284. The van der Waals surface area contributed by atoms with Crippen LogP contribution >= 0.6 is 0 Å². The average molecular weight is 1380 g/mol. The van der Waals surface area contributed by atoms with Crippen molar-refractivity contribution in [1.29, 1.82) is 0 Å². The summed E-state index contributed by atoms with van der Waals surface area (Å²) in [6.07, 6.45) is 11.8. The Kier molecular flexibility index (Phi) is 47.8. The van der Waals surface area contributed by atoms with Crippen molar-refractivity contribution in [3.8, 4) is 0 Å². The number of hydrogen-bond acceptors (Lipinski definition) is 6. The highest BCUT2D eigenvalue weighted by atomic mass is 16.1. The highest BCUT2D eigenvalue weighted by Gasteiger charge is 2.16. The summed E-state index contributed by atoms with van der Waals surface area (Å²) in [5, 5.41) is 9.79. The van der Waals surface area contributed by atoms with E-state index in [-0.39, 0.29) is 5.56 Å². The Balaban J connectivity index is 0.000000572. The summed E-state index contributed by atoms with van der Waals surface area (Å²) in [5.74, 6) is 0.802. The number of fused-ring (bicyclic) bond motifs is 8. The van der Waals surface area contributed by atoms with Crippen LogP contribution in [0.5, 0.6) is 0 Å². The average Bonchev–Trinajstić information content (AvgIpc) is 1.53. The first-order valence-corrected chi connectivity index (χ1v) is 37.6. The Morgan fingerprint density at radius 1 is 0.350 bits per heavy atom. The number of pyridine rings is 6. The summed E-state index contributed by atoms with van der Waals surface area (Å²) in [6.45, 7) is 48.5. The first-order valence-electron chi connectivity index (χ1n) is 37.6. The molecule has 103 heavy (non-hydrogen) atoms. The molecule has 0 fully saturated rings. The van der Waals surface area contributed by atoms with E-state index in [4.69, 9.17) is 0 Å². The van der Waals surface area contributed by atoms with E-state index in [1.54, 1.807) is 17.3 Å². The highest BCUT2D eigenvalue weighted by molar-refractivity contribution is 5.86. The van der Waals surface area contributed by atoms with Gasteiger partial charge in [-0.15, -0.1) is 0 Å². The molecule has 0 bridgehead atoms. The molecule has 15 aromatic rings. The van der Waals surface area contributed by atoms with Gasteiger partial charge in [0, 0.05) is 80.5 Å². The number of aromatic amines is 2. The molecule has 7 aromatic heterocycles.